The maximum atomic E-state index is 3.58. The summed E-state index contributed by atoms with van der Waals surface area (Å²) in [5.41, 5.74) is 4.14. The standard InChI is InChI=1S/C18H20BrN/c1-14-7-9-18(10-8-14)20-11-3-5-16(13-20)15-4-2-6-17(19)12-15/h2,4,6-10,12,16H,3,5,11,13H2,1H3. The third kappa shape index (κ3) is 3.06. The SMILES string of the molecule is Cc1ccc(N2CCCC(c3cccc(Br)c3)C2)cc1. The highest BCUT2D eigenvalue weighted by atomic mass is 79.9. The van der Waals surface area contributed by atoms with Gasteiger partial charge in [0.1, 0.15) is 0 Å². The minimum Gasteiger partial charge on any atom is -0.371 e. The second kappa shape index (κ2) is 6.01. The maximum Gasteiger partial charge on any atom is 0.0366 e. The molecule has 0 spiro atoms. The summed E-state index contributed by atoms with van der Waals surface area (Å²) in [6.07, 6.45) is 2.56. The first-order valence-electron chi connectivity index (χ1n) is 7.29. The number of rotatable bonds is 2. The average Bonchev–Trinajstić information content (AvgIpc) is 2.48. The van der Waals surface area contributed by atoms with Crippen molar-refractivity contribution in [3.05, 3.63) is 64.1 Å². The van der Waals surface area contributed by atoms with E-state index in [9.17, 15) is 0 Å². The minimum atomic E-state index is 0.641. The Morgan fingerprint density at radius 1 is 1.10 bits per heavy atom. The molecule has 2 aromatic carbocycles. The summed E-state index contributed by atoms with van der Waals surface area (Å²) in [6.45, 7) is 4.44. The third-order valence-electron chi connectivity index (χ3n) is 4.14. The van der Waals surface area contributed by atoms with E-state index >= 15 is 0 Å². The molecule has 0 amide bonds. The highest BCUT2D eigenvalue weighted by Gasteiger charge is 2.21. The lowest BCUT2D eigenvalue weighted by molar-refractivity contribution is 0.510. The van der Waals surface area contributed by atoms with Gasteiger partial charge in [0.05, 0.1) is 0 Å². The van der Waals surface area contributed by atoms with Crippen molar-refractivity contribution in [3.8, 4) is 0 Å². The Hall–Kier alpha value is -1.28. The summed E-state index contributed by atoms with van der Waals surface area (Å²) in [5, 5.41) is 0. The van der Waals surface area contributed by atoms with Crippen molar-refractivity contribution in [1.29, 1.82) is 0 Å². The van der Waals surface area contributed by atoms with Crippen LogP contribution < -0.4 is 4.90 Å². The number of hydrogen-bond donors (Lipinski definition) is 0. The Bertz CT molecular complexity index is 576. The van der Waals surface area contributed by atoms with E-state index in [-0.39, 0.29) is 0 Å². The van der Waals surface area contributed by atoms with Crippen LogP contribution in [-0.2, 0) is 0 Å². The van der Waals surface area contributed by atoms with Crippen LogP contribution in [-0.4, -0.2) is 13.1 Å². The molecular weight excluding hydrogens is 310 g/mol. The molecule has 3 rings (SSSR count). The molecule has 1 fully saturated rings. The first-order chi connectivity index (χ1) is 9.72. The van der Waals surface area contributed by atoms with Crippen molar-refractivity contribution >= 4 is 21.6 Å². The van der Waals surface area contributed by atoms with Gasteiger partial charge in [-0.2, -0.15) is 0 Å². The highest BCUT2D eigenvalue weighted by Crippen LogP contribution is 2.31. The molecular formula is C18H20BrN. The van der Waals surface area contributed by atoms with E-state index in [4.69, 9.17) is 0 Å². The van der Waals surface area contributed by atoms with E-state index in [0.29, 0.717) is 5.92 Å². The fourth-order valence-electron chi connectivity index (χ4n) is 3.00. The normalized spacial score (nSPS) is 19.1. The van der Waals surface area contributed by atoms with Gasteiger partial charge in [-0.15, -0.1) is 0 Å². The van der Waals surface area contributed by atoms with Crippen LogP contribution in [0, 0.1) is 6.92 Å². The smallest absolute Gasteiger partial charge is 0.0366 e. The van der Waals surface area contributed by atoms with Crippen LogP contribution in [0.4, 0.5) is 5.69 Å². The summed E-state index contributed by atoms with van der Waals surface area (Å²) in [7, 11) is 0. The summed E-state index contributed by atoms with van der Waals surface area (Å²) >= 11 is 3.58. The van der Waals surface area contributed by atoms with Crippen molar-refractivity contribution in [2.24, 2.45) is 0 Å². The summed E-state index contributed by atoms with van der Waals surface area (Å²) in [6, 6.07) is 17.7. The molecule has 1 saturated heterocycles. The molecule has 0 aromatic heterocycles. The zero-order valence-electron chi connectivity index (χ0n) is 11.8. The number of piperidine rings is 1. The zero-order valence-corrected chi connectivity index (χ0v) is 13.4. The maximum absolute atomic E-state index is 3.58. The van der Waals surface area contributed by atoms with Gasteiger partial charge in [0, 0.05) is 29.2 Å². The molecule has 0 aliphatic carbocycles. The predicted octanol–water partition coefficient (Wildman–Crippen LogP) is 5.14. The van der Waals surface area contributed by atoms with Crippen LogP contribution in [0.15, 0.2) is 53.0 Å². The van der Waals surface area contributed by atoms with Crippen molar-refractivity contribution in [1.82, 2.24) is 0 Å². The van der Waals surface area contributed by atoms with Crippen LogP contribution in [0.2, 0.25) is 0 Å². The van der Waals surface area contributed by atoms with Crippen LogP contribution in [0.25, 0.3) is 0 Å². The average molecular weight is 330 g/mol. The molecule has 1 heterocycles. The van der Waals surface area contributed by atoms with Crippen LogP contribution in [0.1, 0.15) is 29.9 Å². The molecule has 0 N–H and O–H groups in total. The minimum absolute atomic E-state index is 0.641. The molecule has 0 radical (unpaired) electrons. The Labute approximate surface area is 129 Å². The molecule has 1 nitrogen and oxygen atoms in total. The molecule has 1 atom stereocenters. The molecule has 2 heteroatoms. The Morgan fingerprint density at radius 2 is 1.90 bits per heavy atom. The van der Waals surface area contributed by atoms with Crippen molar-refractivity contribution in [2.75, 3.05) is 18.0 Å². The number of halogens is 1. The fourth-order valence-corrected chi connectivity index (χ4v) is 3.42. The number of benzene rings is 2. The largest absolute Gasteiger partial charge is 0.371 e. The lowest BCUT2D eigenvalue weighted by Gasteiger charge is -2.35. The van der Waals surface area contributed by atoms with Crippen molar-refractivity contribution in [2.45, 2.75) is 25.7 Å². The van der Waals surface area contributed by atoms with Crippen LogP contribution >= 0.6 is 15.9 Å². The molecule has 2 aromatic rings. The van der Waals surface area contributed by atoms with Gasteiger partial charge >= 0.3 is 0 Å². The molecule has 1 aliphatic heterocycles. The Balaban J connectivity index is 1.78. The van der Waals surface area contributed by atoms with Crippen molar-refractivity contribution in [3.63, 3.8) is 0 Å². The van der Waals surface area contributed by atoms with Gasteiger partial charge in [-0.3, -0.25) is 0 Å². The van der Waals surface area contributed by atoms with Gasteiger partial charge in [0.2, 0.25) is 0 Å². The first kappa shape index (κ1) is 13.7. The van der Waals surface area contributed by atoms with Crippen LogP contribution in [0.3, 0.4) is 0 Å². The fraction of sp³-hybridized carbons (Fsp3) is 0.333. The molecule has 1 aliphatic rings. The number of nitrogens with zero attached hydrogens (tertiary/aromatic N) is 1. The van der Waals surface area contributed by atoms with E-state index in [1.807, 2.05) is 0 Å². The number of aryl methyl sites for hydroxylation is 1. The molecule has 0 bridgehead atoms. The van der Waals surface area contributed by atoms with Gasteiger partial charge in [-0.05, 0) is 49.6 Å². The van der Waals surface area contributed by atoms with Gasteiger partial charge in [-0.1, -0.05) is 45.8 Å². The summed E-state index contributed by atoms with van der Waals surface area (Å²) in [5.74, 6) is 0.641. The second-order valence-corrected chi connectivity index (χ2v) is 6.59. The van der Waals surface area contributed by atoms with E-state index in [1.54, 1.807) is 0 Å². The molecule has 1 unspecified atom stereocenters. The van der Waals surface area contributed by atoms with E-state index in [2.05, 4.69) is 76.3 Å². The quantitative estimate of drug-likeness (QED) is 0.737. The zero-order chi connectivity index (χ0) is 13.9. The topological polar surface area (TPSA) is 3.24 Å². The highest BCUT2D eigenvalue weighted by molar-refractivity contribution is 9.10. The first-order valence-corrected chi connectivity index (χ1v) is 8.09. The van der Waals surface area contributed by atoms with Crippen LogP contribution in [0.5, 0.6) is 0 Å². The second-order valence-electron chi connectivity index (χ2n) is 5.68. The molecule has 104 valence electrons. The van der Waals surface area contributed by atoms with Gasteiger partial charge in [0.15, 0.2) is 0 Å². The number of anilines is 1. The number of hydrogen-bond acceptors (Lipinski definition) is 1. The van der Waals surface area contributed by atoms with Gasteiger partial charge < -0.3 is 4.90 Å². The summed E-state index contributed by atoms with van der Waals surface area (Å²) < 4.78 is 1.18. The van der Waals surface area contributed by atoms with Crippen molar-refractivity contribution < 1.29 is 0 Å². The molecule has 20 heavy (non-hydrogen) atoms. The Kier molecular flexibility index (Phi) is 4.11. The lowest BCUT2D eigenvalue weighted by atomic mass is 9.90. The Morgan fingerprint density at radius 3 is 2.65 bits per heavy atom. The summed E-state index contributed by atoms with van der Waals surface area (Å²) in [4.78, 5) is 2.52. The monoisotopic (exact) mass is 329 g/mol. The predicted molar refractivity (Wildman–Crippen MR) is 89.5 cm³/mol. The van der Waals surface area contributed by atoms with Gasteiger partial charge in [-0.25, -0.2) is 0 Å². The molecule has 0 saturated carbocycles. The van der Waals surface area contributed by atoms with Gasteiger partial charge in [0.25, 0.3) is 0 Å². The van der Waals surface area contributed by atoms with E-state index in [1.165, 1.54) is 40.7 Å². The lowest BCUT2D eigenvalue weighted by Crippen LogP contribution is -2.34. The van der Waals surface area contributed by atoms with E-state index in [0.717, 1.165) is 6.54 Å². The third-order valence-corrected chi connectivity index (χ3v) is 4.63. The van der Waals surface area contributed by atoms with E-state index < -0.39 is 0 Å².